The number of carbonyl (C=O) groups excluding carboxylic acids is 2. The van der Waals surface area contributed by atoms with E-state index in [-0.39, 0.29) is 27.3 Å². The summed E-state index contributed by atoms with van der Waals surface area (Å²) in [5.41, 5.74) is -0.201. The molecular weight excluding hydrogens is 314 g/mol. The Morgan fingerprint density at radius 3 is 2.68 bits per heavy atom. The fraction of sp³-hybridized carbons (Fsp3) is 0.182. The van der Waals surface area contributed by atoms with Gasteiger partial charge in [0, 0.05) is 12.7 Å². The fourth-order valence-corrected chi connectivity index (χ4v) is 1.58. The Morgan fingerprint density at radius 2 is 2.05 bits per heavy atom. The monoisotopic (exact) mass is 322 g/mol. The van der Waals surface area contributed by atoms with Crippen LogP contribution in [0.5, 0.6) is 0 Å². The van der Waals surface area contributed by atoms with Crippen molar-refractivity contribution in [3.63, 3.8) is 0 Å². The molecule has 1 aromatic rings. The van der Waals surface area contributed by atoms with Gasteiger partial charge in [-0.25, -0.2) is 9.78 Å². The van der Waals surface area contributed by atoms with E-state index in [1.807, 2.05) is 0 Å². The van der Waals surface area contributed by atoms with Crippen LogP contribution >= 0.6 is 34.8 Å². The highest BCUT2D eigenvalue weighted by molar-refractivity contribution is 6.48. The summed E-state index contributed by atoms with van der Waals surface area (Å²) in [4.78, 5) is 26.6. The summed E-state index contributed by atoms with van der Waals surface area (Å²) < 4.78 is 4.73. The van der Waals surface area contributed by atoms with Gasteiger partial charge in [0.25, 0.3) is 5.91 Å². The number of ether oxygens (including phenoxy) is 1. The number of carbonyl (C=O) groups is 2. The van der Waals surface area contributed by atoms with E-state index in [2.05, 4.69) is 16.9 Å². The van der Waals surface area contributed by atoms with Crippen LogP contribution in [0, 0.1) is 0 Å². The first-order chi connectivity index (χ1) is 8.97. The summed E-state index contributed by atoms with van der Waals surface area (Å²) in [5.74, 6) is -1.33. The highest BCUT2D eigenvalue weighted by Crippen LogP contribution is 2.31. The third-order valence-electron chi connectivity index (χ3n) is 1.89. The Bertz CT molecular complexity index is 520. The van der Waals surface area contributed by atoms with Crippen molar-refractivity contribution < 1.29 is 14.3 Å². The molecule has 0 atom stereocenters. The molecule has 0 saturated carbocycles. The third-order valence-corrected chi connectivity index (χ3v) is 3.13. The van der Waals surface area contributed by atoms with Crippen LogP contribution in [0.25, 0.3) is 0 Å². The van der Waals surface area contributed by atoms with Gasteiger partial charge >= 0.3 is 5.97 Å². The minimum Gasteiger partial charge on any atom is -0.451 e. The van der Waals surface area contributed by atoms with Crippen molar-refractivity contribution in [1.82, 2.24) is 10.3 Å². The number of halogens is 3. The molecule has 0 bridgehead atoms. The van der Waals surface area contributed by atoms with Crippen LogP contribution in [-0.2, 0) is 9.53 Å². The van der Waals surface area contributed by atoms with E-state index in [1.54, 1.807) is 0 Å². The number of hydrogen-bond acceptors (Lipinski definition) is 4. The Hall–Kier alpha value is -1.30. The Morgan fingerprint density at radius 1 is 1.37 bits per heavy atom. The molecule has 19 heavy (non-hydrogen) atoms. The van der Waals surface area contributed by atoms with Gasteiger partial charge in [-0.05, 0) is 0 Å². The lowest BCUT2D eigenvalue weighted by Gasteiger charge is -2.07. The lowest BCUT2D eigenvalue weighted by molar-refractivity contribution is -0.124. The van der Waals surface area contributed by atoms with Gasteiger partial charge in [-0.1, -0.05) is 40.9 Å². The van der Waals surface area contributed by atoms with Gasteiger partial charge < -0.3 is 10.1 Å². The van der Waals surface area contributed by atoms with Gasteiger partial charge in [-0.15, -0.1) is 6.58 Å². The van der Waals surface area contributed by atoms with Crippen LogP contribution in [-0.4, -0.2) is 30.0 Å². The lowest BCUT2D eigenvalue weighted by Crippen LogP contribution is -2.29. The SMILES string of the molecule is C=CCNC(=O)COC(=O)c1ncc(Cl)c(Cl)c1Cl. The predicted octanol–water partition coefficient (Wildman–Crippen LogP) is 2.50. The van der Waals surface area contributed by atoms with E-state index in [0.29, 0.717) is 0 Å². The van der Waals surface area contributed by atoms with E-state index in [9.17, 15) is 9.59 Å². The quantitative estimate of drug-likeness (QED) is 0.668. The largest absolute Gasteiger partial charge is 0.451 e. The number of esters is 1. The molecule has 1 aromatic heterocycles. The number of aromatic nitrogens is 1. The summed E-state index contributed by atoms with van der Waals surface area (Å²) in [5, 5.41) is 2.44. The molecule has 0 saturated heterocycles. The number of amides is 1. The van der Waals surface area contributed by atoms with Gasteiger partial charge in [-0.2, -0.15) is 0 Å². The molecular formula is C11H9Cl3N2O3. The summed E-state index contributed by atoms with van der Waals surface area (Å²) in [6.07, 6.45) is 2.67. The summed E-state index contributed by atoms with van der Waals surface area (Å²) in [6, 6.07) is 0. The first kappa shape index (κ1) is 15.8. The van der Waals surface area contributed by atoms with E-state index >= 15 is 0 Å². The Labute approximate surface area is 124 Å². The summed E-state index contributed by atoms with van der Waals surface area (Å²) in [6.45, 7) is 3.25. The molecule has 102 valence electrons. The van der Waals surface area contributed by atoms with Crippen LogP contribution < -0.4 is 5.32 Å². The first-order valence-corrected chi connectivity index (χ1v) is 6.15. The molecule has 0 aromatic carbocycles. The Kier molecular flexibility index (Phi) is 6.08. The zero-order valence-electron chi connectivity index (χ0n) is 9.58. The third kappa shape index (κ3) is 4.38. The van der Waals surface area contributed by atoms with Gasteiger partial charge in [0.05, 0.1) is 15.1 Å². The molecule has 8 heteroatoms. The molecule has 0 aliphatic rings. The van der Waals surface area contributed by atoms with Crippen molar-refractivity contribution in [2.45, 2.75) is 0 Å². The van der Waals surface area contributed by atoms with Crippen molar-refractivity contribution in [3.05, 3.63) is 39.6 Å². The molecule has 5 nitrogen and oxygen atoms in total. The van der Waals surface area contributed by atoms with E-state index in [0.717, 1.165) is 0 Å². The van der Waals surface area contributed by atoms with E-state index < -0.39 is 18.5 Å². The maximum Gasteiger partial charge on any atom is 0.359 e. The van der Waals surface area contributed by atoms with Crippen molar-refractivity contribution in [1.29, 1.82) is 0 Å². The second kappa shape index (κ2) is 7.33. The average Bonchev–Trinajstić information content (AvgIpc) is 2.40. The van der Waals surface area contributed by atoms with Gasteiger partial charge in [-0.3, -0.25) is 4.79 Å². The lowest BCUT2D eigenvalue weighted by atomic mass is 10.3. The zero-order chi connectivity index (χ0) is 14.4. The molecule has 1 heterocycles. The summed E-state index contributed by atoms with van der Waals surface area (Å²) in [7, 11) is 0. The first-order valence-electron chi connectivity index (χ1n) is 5.01. The van der Waals surface area contributed by atoms with Gasteiger partial charge in [0.15, 0.2) is 12.3 Å². The van der Waals surface area contributed by atoms with Crippen LogP contribution in [0.15, 0.2) is 18.9 Å². The highest BCUT2D eigenvalue weighted by Gasteiger charge is 2.19. The molecule has 0 spiro atoms. The van der Waals surface area contributed by atoms with E-state index in [1.165, 1.54) is 12.3 Å². The van der Waals surface area contributed by atoms with Crippen molar-refractivity contribution in [2.75, 3.05) is 13.2 Å². The fourth-order valence-electron chi connectivity index (χ4n) is 1.02. The van der Waals surface area contributed by atoms with Gasteiger partial charge in [0.2, 0.25) is 0 Å². The molecule has 0 radical (unpaired) electrons. The molecule has 0 aliphatic heterocycles. The summed E-state index contributed by atoms with van der Waals surface area (Å²) >= 11 is 17.2. The maximum atomic E-state index is 11.6. The molecule has 1 N–H and O–H groups in total. The Balaban J connectivity index is 2.67. The van der Waals surface area contributed by atoms with E-state index in [4.69, 9.17) is 39.5 Å². The minimum atomic E-state index is -0.864. The average molecular weight is 324 g/mol. The van der Waals surface area contributed by atoms with Crippen LogP contribution in [0.2, 0.25) is 15.1 Å². The second-order valence-corrected chi connectivity index (χ2v) is 4.41. The highest BCUT2D eigenvalue weighted by atomic mass is 35.5. The normalized spacial score (nSPS) is 9.84. The number of nitrogens with zero attached hydrogens (tertiary/aromatic N) is 1. The number of nitrogens with one attached hydrogen (secondary N) is 1. The van der Waals surface area contributed by atoms with Gasteiger partial charge in [0.1, 0.15) is 0 Å². The van der Waals surface area contributed by atoms with Crippen molar-refractivity contribution in [2.24, 2.45) is 0 Å². The van der Waals surface area contributed by atoms with Crippen LogP contribution in [0.1, 0.15) is 10.5 Å². The smallest absolute Gasteiger partial charge is 0.359 e. The number of hydrogen-bond donors (Lipinski definition) is 1. The number of rotatable bonds is 5. The molecule has 0 unspecified atom stereocenters. The van der Waals surface area contributed by atoms with Crippen LogP contribution in [0.4, 0.5) is 0 Å². The second-order valence-electron chi connectivity index (χ2n) is 3.25. The predicted molar refractivity (Wildman–Crippen MR) is 72.8 cm³/mol. The maximum absolute atomic E-state index is 11.6. The molecule has 1 rings (SSSR count). The topological polar surface area (TPSA) is 68.3 Å². The van der Waals surface area contributed by atoms with Crippen LogP contribution in [0.3, 0.4) is 0 Å². The van der Waals surface area contributed by atoms with Crippen molar-refractivity contribution >= 4 is 46.7 Å². The zero-order valence-corrected chi connectivity index (χ0v) is 11.8. The standard InChI is InChI=1S/C11H9Cl3N2O3/c1-2-3-15-7(17)5-19-11(18)10-9(14)8(13)6(12)4-16-10/h2,4H,1,3,5H2,(H,15,17). The number of pyridine rings is 1. The molecule has 0 aliphatic carbocycles. The molecule has 1 amide bonds. The van der Waals surface area contributed by atoms with Crippen molar-refractivity contribution in [3.8, 4) is 0 Å². The molecule has 0 fully saturated rings. The minimum absolute atomic E-state index is 0.00129.